The number of hydrogen-bond donors (Lipinski definition) is 1. The van der Waals surface area contributed by atoms with Gasteiger partial charge < -0.3 is 10.2 Å². The van der Waals surface area contributed by atoms with E-state index in [1.165, 1.54) is 0 Å². The third kappa shape index (κ3) is 4.34. The fourth-order valence-electron chi connectivity index (χ4n) is 3.20. The zero-order valence-corrected chi connectivity index (χ0v) is 18.0. The standard InChI is InChI=1S/C20H20Cl2N6O2/c1-3-27-11-16(12(2)25-27)18-7-19(30-26-18)20(29)24-15-8-23-28(10-15)9-13-4-5-14(21)6-17(13)22/h4-6,8,10-11,19H,3,7,9H2,1-2H3,(H,24,29). The van der Waals surface area contributed by atoms with E-state index in [0.717, 1.165) is 29.1 Å². The van der Waals surface area contributed by atoms with Gasteiger partial charge in [0.2, 0.25) is 6.10 Å². The first-order chi connectivity index (χ1) is 14.4. The second-order valence-electron chi connectivity index (χ2n) is 6.97. The normalized spacial score (nSPS) is 15.7. The molecule has 1 amide bonds. The van der Waals surface area contributed by atoms with Crippen LogP contribution >= 0.6 is 23.2 Å². The molecule has 156 valence electrons. The highest BCUT2D eigenvalue weighted by atomic mass is 35.5. The van der Waals surface area contributed by atoms with Gasteiger partial charge in [0.25, 0.3) is 5.91 Å². The molecule has 1 atom stereocenters. The first-order valence-corrected chi connectivity index (χ1v) is 10.2. The Morgan fingerprint density at radius 3 is 2.87 bits per heavy atom. The minimum Gasteiger partial charge on any atom is -0.382 e. The molecule has 0 saturated carbocycles. The maximum Gasteiger partial charge on any atom is 0.268 e. The lowest BCUT2D eigenvalue weighted by Crippen LogP contribution is -2.27. The maximum absolute atomic E-state index is 12.6. The SMILES string of the molecule is CCn1cc(C2=NOC(C(=O)Nc3cnn(Cc4ccc(Cl)cc4Cl)c3)C2)c(C)n1. The molecule has 1 unspecified atom stereocenters. The molecule has 3 aromatic rings. The monoisotopic (exact) mass is 446 g/mol. The molecule has 0 fully saturated rings. The predicted octanol–water partition coefficient (Wildman–Crippen LogP) is 3.89. The highest BCUT2D eigenvalue weighted by molar-refractivity contribution is 6.35. The van der Waals surface area contributed by atoms with Crippen molar-refractivity contribution in [2.45, 2.75) is 39.5 Å². The van der Waals surface area contributed by atoms with Gasteiger partial charge in [-0.15, -0.1) is 0 Å². The van der Waals surface area contributed by atoms with Crippen molar-refractivity contribution in [1.82, 2.24) is 19.6 Å². The van der Waals surface area contributed by atoms with E-state index in [4.69, 9.17) is 28.0 Å². The molecule has 0 aliphatic carbocycles. The van der Waals surface area contributed by atoms with Gasteiger partial charge in [0.05, 0.1) is 29.8 Å². The van der Waals surface area contributed by atoms with Crippen molar-refractivity contribution in [1.29, 1.82) is 0 Å². The number of rotatable bonds is 6. The second-order valence-corrected chi connectivity index (χ2v) is 7.82. The van der Waals surface area contributed by atoms with Gasteiger partial charge in [-0.1, -0.05) is 34.4 Å². The Bertz CT molecular complexity index is 1120. The fraction of sp³-hybridized carbons (Fsp3) is 0.300. The lowest BCUT2D eigenvalue weighted by Gasteiger charge is -2.08. The van der Waals surface area contributed by atoms with Crippen LogP contribution in [0, 0.1) is 6.92 Å². The number of aryl methyl sites for hydroxylation is 2. The van der Waals surface area contributed by atoms with Crippen LogP contribution in [-0.4, -0.2) is 37.3 Å². The number of hydrogen-bond acceptors (Lipinski definition) is 5. The summed E-state index contributed by atoms with van der Waals surface area (Å²) in [5.41, 5.74) is 3.93. The van der Waals surface area contributed by atoms with Crippen molar-refractivity contribution in [3.63, 3.8) is 0 Å². The zero-order chi connectivity index (χ0) is 21.3. The van der Waals surface area contributed by atoms with E-state index in [0.29, 0.717) is 28.7 Å². The van der Waals surface area contributed by atoms with Crippen LogP contribution in [0.3, 0.4) is 0 Å². The van der Waals surface area contributed by atoms with Gasteiger partial charge in [-0.2, -0.15) is 10.2 Å². The number of benzene rings is 1. The van der Waals surface area contributed by atoms with Crippen LogP contribution in [0.2, 0.25) is 10.0 Å². The van der Waals surface area contributed by atoms with Gasteiger partial charge in [-0.3, -0.25) is 14.2 Å². The van der Waals surface area contributed by atoms with Gasteiger partial charge in [-0.05, 0) is 31.5 Å². The Kier molecular flexibility index (Phi) is 5.78. The van der Waals surface area contributed by atoms with Crippen molar-refractivity contribution in [2.24, 2.45) is 5.16 Å². The molecule has 2 aromatic heterocycles. The molecule has 4 rings (SSSR count). The van der Waals surface area contributed by atoms with Crippen molar-refractivity contribution in [2.75, 3.05) is 5.32 Å². The predicted molar refractivity (Wildman–Crippen MR) is 115 cm³/mol. The van der Waals surface area contributed by atoms with Crippen LogP contribution in [0.15, 0.2) is 41.9 Å². The number of nitrogens with zero attached hydrogens (tertiary/aromatic N) is 5. The number of anilines is 1. The van der Waals surface area contributed by atoms with Crippen LogP contribution in [-0.2, 0) is 22.7 Å². The topological polar surface area (TPSA) is 86.3 Å². The molecule has 0 saturated heterocycles. The third-order valence-corrected chi connectivity index (χ3v) is 5.38. The van der Waals surface area contributed by atoms with Gasteiger partial charge in [-0.25, -0.2) is 0 Å². The summed E-state index contributed by atoms with van der Waals surface area (Å²) in [7, 11) is 0. The Labute approximate surface area is 183 Å². The van der Waals surface area contributed by atoms with E-state index >= 15 is 0 Å². The molecule has 1 N–H and O–H groups in total. The first-order valence-electron chi connectivity index (χ1n) is 9.47. The Morgan fingerprint density at radius 1 is 1.30 bits per heavy atom. The summed E-state index contributed by atoms with van der Waals surface area (Å²) in [5, 5.41) is 16.7. The molecule has 10 heteroatoms. The summed E-state index contributed by atoms with van der Waals surface area (Å²) >= 11 is 12.1. The van der Waals surface area contributed by atoms with Crippen molar-refractivity contribution < 1.29 is 9.63 Å². The zero-order valence-electron chi connectivity index (χ0n) is 16.5. The van der Waals surface area contributed by atoms with E-state index in [2.05, 4.69) is 20.7 Å². The Morgan fingerprint density at radius 2 is 2.13 bits per heavy atom. The molecule has 0 bridgehead atoms. The largest absolute Gasteiger partial charge is 0.382 e. The smallest absolute Gasteiger partial charge is 0.268 e. The average Bonchev–Trinajstić information content (AvgIpc) is 3.43. The highest BCUT2D eigenvalue weighted by Crippen LogP contribution is 2.23. The van der Waals surface area contributed by atoms with E-state index in [-0.39, 0.29) is 5.91 Å². The Balaban J connectivity index is 1.36. The van der Waals surface area contributed by atoms with Gasteiger partial charge in [0.15, 0.2) is 0 Å². The summed E-state index contributed by atoms with van der Waals surface area (Å²) < 4.78 is 3.52. The minimum atomic E-state index is -0.696. The van der Waals surface area contributed by atoms with E-state index in [1.807, 2.05) is 30.8 Å². The van der Waals surface area contributed by atoms with Crippen molar-refractivity contribution >= 4 is 40.5 Å². The number of aromatic nitrogens is 4. The summed E-state index contributed by atoms with van der Waals surface area (Å²) in [5.74, 6) is -0.279. The maximum atomic E-state index is 12.6. The summed E-state index contributed by atoms with van der Waals surface area (Å²) in [4.78, 5) is 18.0. The molecular formula is C20H20Cl2N6O2. The van der Waals surface area contributed by atoms with E-state index in [1.54, 1.807) is 29.2 Å². The van der Waals surface area contributed by atoms with Gasteiger partial charge in [0.1, 0.15) is 0 Å². The second kappa shape index (κ2) is 8.49. The third-order valence-electron chi connectivity index (χ3n) is 4.79. The molecule has 0 radical (unpaired) electrons. The van der Waals surface area contributed by atoms with Gasteiger partial charge in [0, 0.05) is 41.0 Å². The molecule has 1 aliphatic rings. The summed E-state index contributed by atoms with van der Waals surface area (Å²) in [6, 6.07) is 5.31. The number of halogens is 2. The molecule has 1 aliphatic heterocycles. The number of carbonyl (C=O) groups excluding carboxylic acids is 1. The average molecular weight is 447 g/mol. The lowest BCUT2D eigenvalue weighted by atomic mass is 10.1. The van der Waals surface area contributed by atoms with E-state index in [9.17, 15) is 4.79 Å². The summed E-state index contributed by atoms with van der Waals surface area (Å²) in [6.07, 6.45) is 4.92. The molecule has 0 spiro atoms. The van der Waals surface area contributed by atoms with E-state index < -0.39 is 6.10 Å². The van der Waals surface area contributed by atoms with Gasteiger partial charge >= 0.3 is 0 Å². The molecule has 1 aromatic carbocycles. The van der Waals surface area contributed by atoms with Crippen LogP contribution in [0.5, 0.6) is 0 Å². The Hall–Kier alpha value is -2.84. The van der Waals surface area contributed by atoms with Crippen LogP contribution in [0.25, 0.3) is 0 Å². The van der Waals surface area contributed by atoms with Crippen LogP contribution < -0.4 is 5.32 Å². The fourth-order valence-corrected chi connectivity index (χ4v) is 3.67. The molecular weight excluding hydrogens is 427 g/mol. The highest BCUT2D eigenvalue weighted by Gasteiger charge is 2.30. The number of nitrogens with one attached hydrogen (secondary N) is 1. The number of carbonyl (C=O) groups is 1. The molecule has 8 nitrogen and oxygen atoms in total. The molecule has 30 heavy (non-hydrogen) atoms. The minimum absolute atomic E-state index is 0.279. The van der Waals surface area contributed by atoms with Crippen molar-refractivity contribution in [3.05, 3.63) is 63.7 Å². The van der Waals surface area contributed by atoms with Crippen LogP contribution in [0.1, 0.15) is 30.2 Å². The number of amides is 1. The quantitative estimate of drug-likeness (QED) is 0.621. The van der Waals surface area contributed by atoms with Crippen LogP contribution in [0.4, 0.5) is 5.69 Å². The molecule has 3 heterocycles. The summed E-state index contributed by atoms with van der Waals surface area (Å²) in [6.45, 7) is 5.16. The lowest BCUT2D eigenvalue weighted by molar-refractivity contribution is -0.125. The number of oxime groups is 1. The first kappa shape index (κ1) is 20.4. The van der Waals surface area contributed by atoms with Crippen molar-refractivity contribution in [3.8, 4) is 0 Å².